The highest BCUT2D eigenvalue weighted by atomic mass is 16.5. The van der Waals surface area contributed by atoms with Gasteiger partial charge in [0.15, 0.2) is 11.5 Å². The van der Waals surface area contributed by atoms with Gasteiger partial charge >= 0.3 is 5.97 Å². The van der Waals surface area contributed by atoms with Gasteiger partial charge in [-0.25, -0.2) is 4.79 Å². The lowest BCUT2D eigenvalue weighted by molar-refractivity contribution is 0.0514. The fourth-order valence-electron chi connectivity index (χ4n) is 3.11. The molecule has 2 heterocycles. The molecule has 24 heavy (non-hydrogen) atoms. The van der Waals surface area contributed by atoms with Gasteiger partial charge in [-0.2, -0.15) is 5.26 Å². The maximum atomic E-state index is 12.2. The first kappa shape index (κ1) is 15.9. The molecule has 1 aliphatic rings. The molecule has 2 aromatic rings. The Bertz CT molecular complexity index is 846. The minimum Gasteiger partial charge on any atom is -0.493 e. The normalized spacial score (nSPS) is 11.9. The first-order valence-electron chi connectivity index (χ1n) is 7.70. The summed E-state index contributed by atoms with van der Waals surface area (Å²) in [6, 6.07) is 7.56. The van der Waals surface area contributed by atoms with E-state index in [4.69, 9.17) is 14.2 Å². The second-order valence-electron chi connectivity index (χ2n) is 5.39. The van der Waals surface area contributed by atoms with Crippen molar-refractivity contribution < 1.29 is 19.0 Å². The molecule has 3 rings (SSSR count). The summed E-state index contributed by atoms with van der Waals surface area (Å²) in [7, 11) is 3.16. The zero-order valence-corrected chi connectivity index (χ0v) is 13.9. The van der Waals surface area contributed by atoms with E-state index < -0.39 is 5.97 Å². The number of nitriles is 1. The molecule has 6 heteroatoms. The molecule has 0 radical (unpaired) electrons. The van der Waals surface area contributed by atoms with Crippen LogP contribution in [-0.4, -0.2) is 31.4 Å². The number of ether oxygens (including phenoxy) is 3. The van der Waals surface area contributed by atoms with Crippen LogP contribution in [0, 0.1) is 11.3 Å². The van der Waals surface area contributed by atoms with Gasteiger partial charge in [0.25, 0.3) is 0 Å². The number of esters is 1. The Hall–Kier alpha value is -2.94. The van der Waals surface area contributed by atoms with Crippen molar-refractivity contribution in [2.75, 3.05) is 20.8 Å². The van der Waals surface area contributed by atoms with E-state index in [1.165, 1.54) is 0 Å². The van der Waals surface area contributed by atoms with Crippen LogP contribution in [0.2, 0.25) is 0 Å². The van der Waals surface area contributed by atoms with Crippen LogP contribution in [-0.2, 0) is 17.7 Å². The summed E-state index contributed by atoms with van der Waals surface area (Å²) in [5, 5.41) is 9.50. The van der Waals surface area contributed by atoms with Gasteiger partial charge < -0.3 is 18.8 Å². The maximum absolute atomic E-state index is 12.2. The summed E-state index contributed by atoms with van der Waals surface area (Å²) in [5.74, 6) is 0.831. The maximum Gasteiger partial charge on any atom is 0.354 e. The Labute approximate surface area is 140 Å². The van der Waals surface area contributed by atoms with Gasteiger partial charge in [0, 0.05) is 12.1 Å². The molecule has 0 unspecified atom stereocenters. The predicted octanol–water partition coefficient (Wildman–Crippen LogP) is 2.78. The van der Waals surface area contributed by atoms with Gasteiger partial charge in [0.05, 0.1) is 32.1 Å². The Balaban J connectivity index is 2.21. The third kappa shape index (κ3) is 2.38. The topological polar surface area (TPSA) is 73.5 Å². The van der Waals surface area contributed by atoms with Crippen molar-refractivity contribution in [2.24, 2.45) is 0 Å². The number of carbonyl (C=O) groups is 1. The summed E-state index contributed by atoms with van der Waals surface area (Å²) in [5.41, 5.74) is 3.52. The molecular weight excluding hydrogens is 308 g/mol. The first-order valence-corrected chi connectivity index (χ1v) is 7.70. The summed E-state index contributed by atoms with van der Waals surface area (Å²) < 4.78 is 17.7. The zero-order chi connectivity index (χ0) is 17.3. The lowest BCUT2D eigenvalue weighted by Crippen LogP contribution is -2.17. The van der Waals surface area contributed by atoms with Gasteiger partial charge in [-0.05, 0) is 37.1 Å². The van der Waals surface area contributed by atoms with Crippen LogP contribution in [0.5, 0.6) is 11.5 Å². The summed E-state index contributed by atoms with van der Waals surface area (Å²) in [6.45, 7) is 2.66. The Morgan fingerprint density at radius 3 is 2.58 bits per heavy atom. The lowest BCUT2D eigenvalue weighted by Gasteiger charge is -2.23. The van der Waals surface area contributed by atoms with Crippen LogP contribution in [0.15, 0.2) is 18.2 Å². The second kappa shape index (κ2) is 6.28. The number of methoxy groups -OCH3 is 2. The van der Waals surface area contributed by atoms with Crippen molar-refractivity contribution in [1.29, 1.82) is 5.26 Å². The van der Waals surface area contributed by atoms with E-state index in [0.717, 1.165) is 23.2 Å². The number of nitrogens with zero attached hydrogens (tertiary/aromatic N) is 2. The fourth-order valence-corrected chi connectivity index (χ4v) is 3.11. The Morgan fingerprint density at radius 1 is 1.25 bits per heavy atom. The number of carbonyl (C=O) groups excluding carboxylic acids is 1. The fraction of sp³-hybridized carbons (Fsp3) is 0.333. The van der Waals surface area contributed by atoms with E-state index >= 15 is 0 Å². The van der Waals surface area contributed by atoms with Crippen LogP contribution in [0.1, 0.15) is 28.5 Å². The number of aryl methyl sites for hydroxylation is 1. The minimum atomic E-state index is -0.413. The van der Waals surface area contributed by atoms with E-state index in [9.17, 15) is 10.1 Å². The van der Waals surface area contributed by atoms with Gasteiger partial charge in [0.2, 0.25) is 0 Å². The summed E-state index contributed by atoms with van der Waals surface area (Å²) in [6.07, 6.45) is 0.731. The van der Waals surface area contributed by atoms with E-state index in [-0.39, 0.29) is 0 Å². The molecule has 0 amide bonds. The number of fused-ring (bicyclic) bond motifs is 3. The number of hydrogen-bond donors (Lipinski definition) is 0. The van der Waals surface area contributed by atoms with Crippen molar-refractivity contribution in [2.45, 2.75) is 19.9 Å². The number of aromatic nitrogens is 1. The smallest absolute Gasteiger partial charge is 0.354 e. The molecule has 0 spiro atoms. The summed E-state index contributed by atoms with van der Waals surface area (Å²) in [4.78, 5) is 12.2. The molecule has 0 aliphatic carbocycles. The van der Waals surface area contributed by atoms with Gasteiger partial charge in [-0.15, -0.1) is 0 Å². The van der Waals surface area contributed by atoms with E-state index in [0.29, 0.717) is 35.9 Å². The van der Waals surface area contributed by atoms with Crippen molar-refractivity contribution in [3.8, 4) is 28.8 Å². The number of rotatable bonds is 4. The minimum absolute atomic E-state index is 0.294. The standard InChI is InChI=1S/C18H18N2O4/c1-4-24-18(21)14-7-12(10-19)17-13-9-16(23-3)15(22-2)8-11(13)5-6-20(14)17/h7-9H,4-6H2,1-3H3. The number of benzene rings is 1. The lowest BCUT2D eigenvalue weighted by atomic mass is 9.96. The molecule has 0 atom stereocenters. The molecule has 1 aromatic carbocycles. The molecule has 124 valence electrons. The Morgan fingerprint density at radius 2 is 1.96 bits per heavy atom. The molecule has 6 nitrogen and oxygen atoms in total. The third-order valence-corrected chi connectivity index (χ3v) is 4.17. The van der Waals surface area contributed by atoms with Gasteiger partial charge in [-0.1, -0.05) is 0 Å². The van der Waals surface area contributed by atoms with E-state index in [1.54, 1.807) is 27.2 Å². The van der Waals surface area contributed by atoms with Crippen LogP contribution in [0.4, 0.5) is 0 Å². The monoisotopic (exact) mass is 326 g/mol. The zero-order valence-electron chi connectivity index (χ0n) is 13.9. The number of hydrogen-bond acceptors (Lipinski definition) is 5. The molecule has 0 fully saturated rings. The second-order valence-corrected chi connectivity index (χ2v) is 5.39. The first-order chi connectivity index (χ1) is 11.6. The molecular formula is C18H18N2O4. The molecule has 1 aliphatic heterocycles. The van der Waals surface area contributed by atoms with Crippen molar-refractivity contribution in [3.63, 3.8) is 0 Å². The van der Waals surface area contributed by atoms with E-state index in [1.807, 2.05) is 16.7 Å². The Kier molecular flexibility index (Phi) is 4.17. The van der Waals surface area contributed by atoms with Crippen LogP contribution in [0.25, 0.3) is 11.3 Å². The van der Waals surface area contributed by atoms with Crippen LogP contribution >= 0.6 is 0 Å². The average molecular weight is 326 g/mol. The van der Waals surface area contributed by atoms with Crippen LogP contribution < -0.4 is 9.47 Å². The predicted molar refractivity (Wildman–Crippen MR) is 87.3 cm³/mol. The SMILES string of the molecule is CCOC(=O)c1cc(C#N)c2n1CCc1cc(OC)c(OC)cc1-2. The van der Waals surface area contributed by atoms with Crippen molar-refractivity contribution >= 4 is 5.97 Å². The highest BCUT2D eigenvalue weighted by molar-refractivity contribution is 5.91. The van der Waals surface area contributed by atoms with Crippen LogP contribution in [0.3, 0.4) is 0 Å². The average Bonchev–Trinajstić information content (AvgIpc) is 2.99. The highest BCUT2D eigenvalue weighted by Crippen LogP contribution is 2.41. The molecule has 0 N–H and O–H groups in total. The molecule has 0 saturated heterocycles. The largest absolute Gasteiger partial charge is 0.493 e. The molecule has 1 aromatic heterocycles. The molecule has 0 bridgehead atoms. The highest BCUT2D eigenvalue weighted by Gasteiger charge is 2.27. The van der Waals surface area contributed by atoms with Gasteiger partial charge in [0.1, 0.15) is 11.8 Å². The van der Waals surface area contributed by atoms with Gasteiger partial charge in [-0.3, -0.25) is 0 Å². The third-order valence-electron chi connectivity index (χ3n) is 4.17. The molecule has 0 saturated carbocycles. The van der Waals surface area contributed by atoms with Crippen molar-refractivity contribution in [3.05, 3.63) is 35.0 Å². The van der Waals surface area contributed by atoms with E-state index in [2.05, 4.69) is 6.07 Å². The summed E-state index contributed by atoms with van der Waals surface area (Å²) >= 11 is 0. The van der Waals surface area contributed by atoms with Crippen molar-refractivity contribution in [1.82, 2.24) is 4.57 Å². The quantitative estimate of drug-likeness (QED) is 0.808.